The summed E-state index contributed by atoms with van der Waals surface area (Å²) >= 11 is 6.22. The Labute approximate surface area is 147 Å². The highest BCUT2D eigenvalue weighted by Crippen LogP contribution is 2.39. The highest BCUT2D eigenvalue weighted by molar-refractivity contribution is 6.56. The zero-order valence-corrected chi connectivity index (χ0v) is 15.4. The molecule has 1 saturated heterocycles. The van der Waals surface area contributed by atoms with Crippen molar-refractivity contribution in [2.24, 2.45) is 0 Å². The standard InChI is InChI=1S/C16H23BClN3O3/c1-10(22)20-9-12(6-11-8-21-14(19)7-13(11)18)17-23-15(2,3)16(4,5)24-17/h6-8H,9H2,1-5H3,(H2,19,21)(H,20,22). The Hall–Kier alpha value is -1.57. The number of nitrogen functional groups attached to an aromatic ring is 1. The second-order valence-corrected chi connectivity index (χ2v) is 7.26. The number of nitrogens with two attached hydrogens (primary N) is 1. The van der Waals surface area contributed by atoms with Gasteiger partial charge in [0.05, 0.1) is 16.2 Å². The molecular weight excluding hydrogens is 328 g/mol. The van der Waals surface area contributed by atoms with Crippen molar-refractivity contribution < 1.29 is 14.1 Å². The van der Waals surface area contributed by atoms with Crippen molar-refractivity contribution in [1.29, 1.82) is 0 Å². The molecule has 0 bridgehead atoms. The van der Waals surface area contributed by atoms with Crippen molar-refractivity contribution in [3.05, 3.63) is 28.3 Å². The van der Waals surface area contributed by atoms with Gasteiger partial charge in [-0.3, -0.25) is 4.79 Å². The Morgan fingerprint density at radius 3 is 2.46 bits per heavy atom. The molecule has 0 aliphatic carbocycles. The van der Waals surface area contributed by atoms with Gasteiger partial charge in [-0.25, -0.2) is 4.98 Å². The van der Waals surface area contributed by atoms with E-state index in [4.69, 9.17) is 26.6 Å². The summed E-state index contributed by atoms with van der Waals surface area (Å²) in [6.07, 6.45) is 3.39. The summed E-state index contributed by atoms with van der Waals surface area (Å²) < 4.78 is 12.1. The molecule has 0 spiro atoms. The molecule has 1 fully saturated rings. The normalized spacial score (nSPS) is 19.4. The minimum Gasteiger partial charge on any atom is -0.400 e. The van der Waals surface area contributed by atoms with Crippen LogP contribution in [0.2, 0.25) is 5.02 Å². The van der Waals surface area contributed by atoms with E-state index in [0.29, 0.717) is 16.4 Å². The van der Waals surface area contributed by atoms with Crippen LogP contribution < -0.4 is 11.1 Å². The second-order valence-electron chi connectivity index (χ2n) is 6.85. The average Bonchev–Trinajstić information content (AvgIpc) is 2.65. The number of rotatable bonds is 4. The molecule has 8 heteroatoms. The first-order valence-electron chi connectivity index (χ1n) is 7.73. The monoisotopic (exact) mass is 351 g/mol. The number of halogens is 1. The predicted octanol–water partition coefficient (Wildman–Crippen LogP) is 2.47. The summed E-state index contributed by atoms with van der Waals surface area (Å²) in [6, 6.07) is 1.58. The number of carbonyl (C=O) groups excluding carboxylic acids is 1. The summed E-state index contributed by atoms with van der Waals surface area (Å²) in [5.74, 6) is 0.204. The molecule has 1 aliphatic heterocycles. The molecular formula is C16H23BClN3O3. The molecule has 0 atom stereocenters. The molecule has 1 aliphatic rings. The first kappa shape index (κ1) is 18.8. The lowest BCUT2D eigenvalue weighted by atomic mass is 9.77. The Balaban J connectivity index is 2.35. The van der Waals surface area contributed by atoms with Gasteiger partial charge in [0.1, 0.15) is 5.82 Å². The summed E-state index contributed by atoms with van der Waals surface area (Å²) in [5, 5.41) is 3.24. The molecule has 130 valence electrons. The van der Waals surface area contributed by atoms with Gasteiger partial charge in [0.15, 0.2) is 0 Å². The largest absolute Gasteiger partial charge is 0.492 e. The van der Waals surface area contributed by atoms with E-state index in [1.807, 2.05) is 33.8 Å². The number of pyridine rings is 1. The van der Waals surface area contributed by atoms with Crippen molar-refractivity contribution in [1.82, 2.24) is 10.3 Å². The second kappa shape index (κ2) is 6.74. The van der Waals surface area contributed by atoms with Gasteiger partial charge in [-0.15, -0.1) is 0 Å². The lowest BCUT2D eigenvalue weighted by molar-refractivity contribution is -0.118. The third-order valence-corrected chi connectivity index (χ3v) is 4.67. The molecule has 1 aromatic heterocycles. The lowest BCUT2D eigenvalue weighted by Gasteiger charge is -2.32. The fourth-order valence-electron chi connectivity index (χ4n) is 2.19. The summed E-state index contributed by atoms with van der Waals surface area (Å²) in [7, 11) is -0.588. The van der Waals surface area contributed by atoms with E-state index in [2.05, 4.69) is 10.3 Å². The molecule has 1 amide bonds. The molecule has 0 saturated carbocycles. The van der Waals surface area contributed by atoms with E-state index in [0.717, 1.165) is 5.47 Å². The molecule has 2 rings (SSSR count). The third kappa shape index (κ3) is 4.09. The van der Waals surface area contributed by atoms with Crippen LogP contribution in [-0.4, -0.2) is 35.8 Å². The van der Waals surface area contributed by atoms with Crippen molar-refractivity contribution in [2.75, 3.05) is 12.3 Å². The van der Waals surface area contributed by atoms with Crippen LogP contribution in [0.15, 0.2) is 17.7 Å². The van der Waals surface area contributed by atoms with Crippen LogP contribution in [0.5, 0.6) is 0 Å². The van der Waals surface area contributed by atoms with Crippen LogP contribution in [0, 0.1) is 0 Å². The van der Waals surface area contributed by atoms with Crippen molar-refractivity contribution >= 4 is 36.5 Å². The molecule has 0 radical (unpaired) electrons. The van der Waals surface area contributed by atoms with Crippen molar-refractivity contribution in [2.45, 2.75) is 45.8 Å². The first-order chi connectivity index (χ1) is 11.0. The van der Waals surface area contributed by atoms with E-state index in [-0.39, 0.29) is 12.5 Å². The Bertz CT molecular complexity index is 661. The van der Waals surface area contributed by atoms with Gasteiger partial charge in [0.25, 0.3) is 0 Å². The smallest absolute Gasteiger partial charge is 0.400 e. The topological polar surface area (TPSA) is 86.5 Å². The summed E-state index contributed by atoms with van der Waals surface area (Å²) in [4.78, 5) is 15.4. The highest BCUT2D eigenvalue weighted by atomic mass is 35.5. The summed E-state index contributed by atoms with van der Waals surface area (Å²) in [5.41, 5.74) is 6.10. The van der Waals surface area contributed by atoms with Crippen LogP contribution in [-0.2, 0) is 14.1 Å². The molecule has 0 unspecified atom stereocenters. The van der Waals surface area contributed by atoms with Crippen LogP contribution >= 0.6 is 11.6 Å². The van der Waals surface area contributed by atoms with Crippen LogP contribution in [0.1, 0.15) is 40.2 Å². The van der Waals surface area contributed by atoms with Crippen molar-refractivity contribution in [3.8, 4) is 0 Å². The third-order valence-electron chi connectivity index (χ3n) is 4.34. The first-order valence-corrected chi connectivity index (χ1v) is 8.11. The number of nitrogens with zero attached hydrogens (tertiary/aromatic N) is 1. The molecule has 6 nitrogen and oxygen atoms in total. The fourth-order valence-corrected chi connectivity index (χ4v) is 2.40. The SMILES string of the molecule is CC(=O)NCC(=Cc1cnc(N)cc1Cl)B1OC(C)(C)C(C)(C)O1. The Morgan fingerprint density at radius 2 is 1.96 bits per heavy atom. The average molecular weight is 352 g/mol. The molecule has 24 heavy (non-hydrogen) atoms. The number of aromatic nitrogens is 1. The molecule has 2 heterocycles. The van der Waals surface area contributed by atoms with Crippen molar-refractivity contribution in [3.63, 3.8) is 0 Å². The number of hydrogen-bond donors (Lipinski definition) is 2. The zero-order chi connectivity index (χ0) is 18.1. The maximum absolute atomic E-state index is 11.3. The molecule has 0 aromatic carbocycles. The van der Waals surface area contributed by atoms with Gasteiger partial charge in [-0.05, 0) is 39.2 Å². The van der Waals surface area contributed by atoms with E-state index >= 15 is 0 Å². The number of carbonyl (C=O) groups is 1. The predicted molar refractivity (Wildman–Crippen MR) is 96.4 cm³/mol. The van der Waals surface area contributed by atoms with E-state index < -0.39 is 18.3 Å². The van der Waals surface area contributed by atoms with Gasteiger partial charge >= 0.3 is 7.12 Å². The van der Waals surface area contributed by atoms with Gasteiger partial charge < -0.3 is 20.4 Å². The van der Waals surface area contributed by atoms with E-state index in [1.54, 1.807) is 12.3 Å². The number of amides is 1. The van der Waals surface area contributed by atoms with Crippen LogP contribution in [0.25, 0.3) is 6.08 Å². The number of hydrogen-bond acceptors (Lipinski definition) is 5. The summed E-state index contributed by atoms with van der Waals surface area (Å²) in [6.45, 7) is 9.63. The minimum absolute atomic E-state index is 0.140. The maximum atomic E-state index is 11.3. The van der Waals surface area contributed by atoms with Gasteiger partial charge in [-0.1, -0.05) is 17.7 Å². The quantitative estimate of drug-likeness (QED) is 0.814. The van der Waals surface area contributed by atoms with Gasteiger partial charge in [0.2, 0.25) is 5.91 Å². The number of anilines is 1. The minimum atomic E-state index is -0.588. The maximum Gasteiger partial charge on any atom is 0.492 e. The lowest BCUT2D eigenvalue weighted by Crippen LogP contribution is -2.41. The van der Waals surface area contributed by atoms with Gasteiger partial charge in [0, 0.05) is 25.2 Å². The molecule has 1 aromatic rings. The number of nitrogens with one attached hydrogen (secondary N) is 1. The Kier molecular flexibility index (Phi) is 5.27. The Morgan fingerprint density at radius 1 is 1.38 bits per heavy atom. The van der Waals surface area contributed by atoms with Gasteiger partial charge in [-0.2, -0.15) is 0 Å². The zero-order valence-electron chi connectivity index (χ0n) is 14.6. The highest BCUT2D eigenvalue weighted by Gasteiger charge is 2.52. The fraction of sp³-hybridized carbons (Fsp3) is 0.500. The van der Waals surface area contributed by atoms with Crippen LogP contribution in [0.4, 0.5) is 5.82 Å². The van der Waals surface area contributed by atoms with E-state index in [1.165, 1.54) is 6.92 Å². The van der Waals surface area contributed by atoms with Crippen LogP contribution in [0.3, 0.4) is 0 Å². The molecule has 3 N–H and O–H groups in total. The van der Waals surface area contributed by atoms with E-state index in [9.17, 15) is 4.79 Å².